The van der Waals surface area contributed by atoms with Crippen LogP contribution in [0.2, 0.25) is 5.02 Å². The van der Waals surface area contributed by atoms with Gasteiger partial charge in [-0.15, -0.1) is 5.10 Å². The molecule has 2 aliphatic rings. The van der Waals surface area contributed by atoms with Gasteiger partial charge in [-0.2, -0.15) is 15.3 Å². The van der Waals surface area contributed by atoms with E-state index in [4.69, 9.17) is 16.6 Å². The molecule has 40 heavy (non-hydrogen) atoms. The predicted octanol–water partition coefficient (Wildman–Crippen LogP) is 3.08. The van der Waals surface area contributed by atoms with Gasteiger partial charge in [-0.25, -0.2) is 4.52 Å². The second kappa shape index (κ2) is 10.4. The van der Waals surface area contributed by atoms with Crippen molar-refractivity contribution in [1.82, 2.24) is 34.2 Å². The Bertz CT molecular complexity index is 1590. The van der Waals surface area contributed by atoms with E-state index in [1.807, 2.05) is 48.4 Å². The van der Waals surface area contributed by atoms with Crippen molar-refractivity contribution >= 4 is 40.5 Å². The molecule has 4 aromatic rings. The van der Waals surface area contributed by atoms with Gasteiger partial charge in [0.15, 0.2) is 5.65 Å². The lowest BCUT2D eigenvalue weighted by atomic mass is 9.70. The Labute approximate surface area is 237 Å². The molecule has 2 fully saturated rings. The van der Waals surface area contributed by atoms with E-state index in [-0.39, 0.29) is 17.9 Å². The number of nitrogens with one attached hydrogen (secondary N) is 1. The summed E-state index contributed by atoms with van der Waals surface area (Å²) in [6.45, 7) is 6.89. The van der Waals surface area contributed by atoms with Crippen LogP contribution >= 0.6 is 11.6 Å². The standard InChI is InChI=1S/C28H31ClN10O/c1-20-14-21(29)5-6-23(20)28(7-8-30)18-37(19-28)24-4-3-9-39-26(24)33-27(34-39)32-22-15-31-38(16-22)17-25(40)36-12-10-35(2)11-13-36/h3-6,9,14-16H,7,10-13,17-19H2,1-2H3,(H,32,34). The number of aromatic nitrogens is 5. The van der Waals surface area contributed by atoms with Crippen molar-refractivity contribution in [3.63, 3.8) is 0 Å². The quantitative estimate of drug-likeness (QED) is 0.368. The largest absolute Gasteiger partial charge is 0.366 e. The summed E-state index contributed by atoms with van der Waals surface area (Å²) in [6, 6.07) is 12.3. The highest BCUT2D eigenvalue weighted by molar-refractivity contribution is 6.30. The Morgan fingerprint density at radius 2 is 2.00 bits per heavy atom. The first kappa shape index (κ1) is 26.1. The van der Waals surface area contributed by atoms with Gasteiger partial charge in [-0.3, -0.25) is 9.48 Å². The first-order valence-corrected chi connectivity index (χ1v) is 13.7. The van der Waals surface area contributed by atoms with Crippen LogP contribution < -0.4 is 10.2 Å². The molecule has 0 bridgehead atoms. The Balaban J connectivity index is 1.16. The topological polar surface area (TPSA) is 111 Å². The maximum atomic E-state index is 12.7. The maximum Gasteiger partial charge on any atom is 0.247 e. The van der Waals surface area contributed by atoms with E-state index in [1.165, 1.54) is 0 Å². The van der Waals surface area contributed by atoms with E-state index >= 15 is 0 Å². The van der Waals surface area contributed by atoms with Gasteiger partial charge < -0.3 is 20.0 Å². The second-order valence-corrected chi connectivity index (χ2v) is 11.2. The Morgan fingerprint density at radius 3 is 2.75 bits per heavy atom. The number of likely N-dealkylation sites (N-methyl/N-ethyl adjacent to an activating group) is 1. The number of piperazine rings is 1. The fraction of sp³-hybridized carbons (Fsp3) is 0.393. The van der Waals surface area contributed by atoms with E-state index in [2.05, 4.69) is 38.4 Å². The molecular weight excluding hydrogens is 528 g/mol. The number of carbonyl (C=O) groups is 1. The number of nitrogens with zero attached hydrogens (tertiary/aromatic N) is 9. The number of nitriles is 1. The molecule has 0 radical (unpaired) electrons. The highest BCUT2D eigenvalue weighted by Gasteiger charge is 2.46. The van der Waals surface area contributed by atoms with Crippen LogP contribution in [-0.2, 0) is 16.8 Å². The molecule has 12 heteroatoms. The molecule has 0 atom stereocenters. The minimum Gasteiger partial charge on any atom is -0.366 e. The zero-order chi connectivity index (χ0) is 27.9. The summed E-state index contributed by atoms with van der Waals surface area (Å²) in [6.07, 6.45) is 5.75. The van der Waals surface area contributed by atoms with Crippen molar-refractivity contribution in [1.29, 1.82) is 5.26 Å². The minimum absolute atomic E-state index is 0.0639. The number of benzene rings is 1. The Kier molecular flexibility index (Phi) is 6.82. The van der Waals surface area contributed by atoms with Crippen molar-refractivity contribution in [3.8, 4) is 6.07 Å². The molecule has 5 heterocycles. The third-order valence-electron chi connectivity index (χ3n) is 7.89. The Morgan fingerprint density at radius 1 is 1.20 bits per heavy atom. The maximum absolute atomic E-state index is 12.7. The molecule has 0 saturated carbocycles. The molecule has 1 N–H and O–H groups in total. The molecule has 1 aromatic carbocycles. The monoisotopic (exact) mass is 558 g/mol. The summed E-state index contributed by atoms with van der Waals surface area (Å²) in [5.74, 6) is 0.504. The van der Waals surface area contributed by atoms with Crippen molar-refractivity contribution in [2.45, 2.75) is 25.3 Å². The predicted molar refractivity (Wildman–Crippen MR) is 153 cm³/mol. The van der Waals surface area contributed by atoms with E-state index in [1.54, 1.807) is 21.6 Å². The normalized spacial score (nSPS) is 17.1. The average Bonchev–Trinajstić information content (AvgIpc) is 3.53. The lowest BCUT2D eigenvalue weighted by Crippen LogP contribution is -2.59. The molecule has 1 amide bonds. The molecule has 6 rings (SSSR count). The lowest BCUT2D eigenvalue weighted by Gasteiger charge is -2.51. The van der Waals surface area contributed by atoms with Gasteiger partial charge in [0.25, 0.3) is 0 Å². The number of aryl methyl sites for hydroxylation is 1. The summed E-state index contributed by atoms with van der Waals surface area (Å²) >= 11 is 6.19. The smallest absolute Gasteiger partial charge is 0.247 e. The van der Waals surface area contributed by atoms with Crippen LogP contribution in [0, 0.1) is 18.3 Å². The third-order valence-corrected chi connectivity index (χ3v) is 8.12. The lowest BCUT2D eigenvalue weighted by molar-refractivity contribution is -0.133. The number of hydrogen-bond donors (Lipinski definition) is 1. The number of halogens is 1. The highest BCUT2D eigenvalue weighted by Crippen LogP contribution is 2.43. The van der Waals surface area contributed by atoms with Gasteiger partial charge in [-0.05, 0) is 49.4 Å². The van der Waals surface area contributed by atoms with Crippen LogP contribution in [0.25, 0.3) is 5.65 Å². The summed E-state index contributed by atoms with van der Waals surface area (Å²) in [7, 11) is 2.07. The number of pyridine rings is 1. The molecule has 206 valence electrons. The molecule has 11 nitrogen and oxygen atoms in total. The number of anilines is 3. The van der Waals surface area contributed by atoms with Crippen molar-refractivity contribution < 1.29 is 4.79 Å². The van der Waals surface area contributed by atoms with Gasteiger partial charge in [0.1, 0.15) is 6.54 Å². The third kappa shape index (κ3) is 4.96. The van der Waals surface area contributed by atoms with Crippen LogP contribution in [-0.4, -0.2) is 86.4 Å². The van der Waals surface area contributed by atoms with Crippen LogP contribution in [0.1, 0.15) is 17.5 Å². The first-order chi connectivity index (χ1) is 19.3. The molecule has 2 saturated heterocycles. The van der Waals surface area contributed by atoms with E-state index in [0.29, 0.717) is 36.2 Å². The van der Waals surface area contributed by atoms with E-state index in [9.17, 15) is 10.1 Å². The molecule has 3 aromatic heterocycles. The first-order valence-electron chi connectivity index (χ1n) is 13.3. The van der Waals surface area contributed by atoms with Gasteiger partial charge in [0.05, 0.1) is 23.6 Å². The van der Waals surface area contributed by atoms with Crippen LogP contribution in [0.5, 0.6) is 0 Å². The van der Waals surface area contributed by atoms with Gasteiger partial charge in [0.2, 0.25) is 11.9 Å². The van der Waals surface area contributed by atoms with Gasteiger partial charge in [0, 0.05) is 68.5 Å². The number of rotatable bonds is 7. The molecule has 0 spiro atoms. The molecule has 2 aliphatic heterocycles. The zero-order valence-electron chi connectivity index (χ0n) is 22.6. The van der Waals surface area contributed by atoms with Crippen molar-refractivity contribution in [3.05, 3.63) is 65.1 Å². The molecule has 0 unspecified atom stereocenters. The fourth-order valence-corrected chi connectivity index (χ4v) is 5.96. The fourth-order valence-electron chi connectivity index (χ4n) is 5.74. The van der Waals surface area contributed by atoms with Gasteiger partial charge >= 0.3 is 0 Å². The number of carbonyl (C=O) groups excluding carboxylic acids is 1. The van der Waals surface area contributed by atoms with Crippen molar-refractivity contribution in [2.24, 2.45) is 0 Å². The van der Waals surface area contributed by atoms with E-state index in [0.717, 1.165) is 48.6 Å². The van der Waals surface area contributed by atoms with Crippen LogP contribution in [0.4, 0.5) is 17.3 Å². The van der Waals surface area contributed by atoms with Crippen molar-refractivity contribution in [2.75, 3.05) is 56.5 Å². The summed E-state index contributed by atoms with van der Waals surface area (Å²) < 4.78 is 3.38. The summed E-state index contributed by atoms with van der Waals surface area (Å²) in [4.78, 5) is 23.8. The summed E-state index contributed by atoms with van der Waals surface area (Å²) in [5, 5.41) is 22.5. The van der Waals surface area contributed by atoms with Crippen LogP contribution in [0.3, 0.4) is 0 Å². The molecule has 0 aliphatic carbocycles. The zero-order valence-corrected chi connectivity index (χ0v) is 23.3. The molecular formula is C28H31ClN10O. The highest BCUT2D eigenvalue weighted by atomic mass is 35.5. The number of hydrogen-bond acceptors (Lipinski definition) is 8. The van der Waals surface area contributed by atoms with Gasteiger partial charge in [-0.1, -0.05) is 17.7 Å². The number of amides is 1. The Hall–Kier alpha value is -4.14. The summed E-state index contributed by atoms with van der Waals surface area (Å²) in [5.41, 5.74) is 4.39. The van der Waals surface area contributed by atoms with Crippen LogP contribution in [0.15, 0.2) is 48.9 Å². The second-order valence-electron chi connectivity index (χ2n) is 10.8. The minimum atomic E-state index is -0.256. The SMILES string of the molecule is Cc1cc(Cl)ccc1C1(CC#N)CN(c2cccn3nc(Nc4cnn(CC(=O)N5CCN(C)CC5)c4)nc23)C1. The number of fused-ring (bicyclic) bond motifs is 1. The average molecular weight is 559 g/mol. The van der Waals surface area contributed by atoms with E-state index < -0.39 is 0 Å².